The zero-order valence-corrected chi connectivity index (χ0v) is 9.02. The van der Waals surface area contributed by atoms with Gasteiger partial charge in [-0.1, -0.05) is 11.6 Å². The summed E-state index contributed by atoms with van der Waals surface area (Å²) in [5.41, 5.74) is 6.49. The van der Waals surface area contributed by atoms with Crippen LogP contribution in [-0.4, -0.2) is 6.04 Å². The standard InChI is InChI=1S/C11H15ClFN/c1-8(14)3-2-4-9-7-10(13)5-6-11(9)12/h5-8H,2-4,14H2,1H3. The van der Waals surface area contributed by atoms with E-state index in [0.29, 0.717) is 5.02 Å². The molecule has 1 aromatic rings. The molecule has 1 nitrogen and oxygen atoms in total. The van der Waals surface area contributed by atoms with Gasteiger partial charge >= 0.3 is 0 Å². The van der Waals surface area contributed by atoms with Crippen molar-refractivity contribution < 1.29 is 4.39 Å². The molecule has 0 amide bonds. The van der Waals surface area contributed by atoms with Crippen molar-refractivity contribution in [1.82, 2.24) is 0 Å². The lowest BCUT2D eigenvalue weighted by Gasteiger charge is -2.06. The van der Waals surface area contributed by atoms with Crippen molar-refractivity contribution in [3.05, 3.63) is 34.6 Å². The maximum Gasteiger partial charge on any atom is 0.123 e. The van der Waals surface area contributed by atoms with Crippen LogP contribution in [0.5, 0.6) is 0 Å². The molecule has 0 saturated heterocycles. The Hall–Kier alpha value is -0.600. The molecular formula is C11H15ClFN. The molecule has 0 aliphatic heterocycles. The largest absolute Gasteiger partial charge is 0.328 e. The summed E-state index contributed by atoms with van der Waals surface area (Å²) in [6.45, 7) is 1.97. The van der Waals surface area contributed by atoms with Crippen molar-refractivity contribution in [3.8, 4) is 0 Å². The number of benzene rings is 1. The summed E-state index contributed by atoms with van der Waals surface area (Å²) in [4.78, 5) is 0. The first-order valence-electron chi connectivity index (χ1n) is 4.79. The molecule has 78 valence electrons. The Morgan fingerprint density at radius 1 is 1.50 bits per heavy atom. The molecular weight excluding hydrogens is 201 g/mol. The predicted molar refractivity (Wildman–Crippen MR) is 58.0 cm³/mol. The summed E-state index contributed by atoms with van der Waals surface area (Å²) < 4.78 is 12.8. The van der Waals surface area contributed by atoms with Crippen LogP contribution in [0.1, 0.15) is 25.3 Å². The summed E-state index contributed by atoms with van der Waals surface area (Å²) in [5.74, 6) is -0.231. The minimum Gasteiger partial charge on any atom is -0.328 e. The van der Waals surface area contributed by atoms with Crippen LogP contribution in [-0.2, 0) is 6.42 Å². The Balaban J connectivity index is 2.53. The van der Waals surface area contributed by atoms with Gasteiger partial charge in [0.1, 0.15) is 5.82 Å². The van der Waals surface area contributed by atoms with Gasteiger partial charge in [-0.25, -0.2) is 4.39 Å². The third-order valence-electron chi connectivity index (χ3n) is 2.11. The number of nitrogens with two attached hydrogens (primary N) is 1. The van der Waals surface area contributed by atoms with Gasteiger partial charge in [-0.3, -0.25) is 0 Å². The van der Waals surface area contributed by atoms with Crippen molar-refractivity contribution in [1.29, 1.82) is 0 Å². The first kappa shape index (κ1) is 11.5. The Morgan fingerprint density at radius 2 is 2.21 bits per heavy atom. The summed E-state index contributed by atoms with van der Waals surface area (Å²) in [6.07, 6.45) is 2.67. The Morgan fingerprint density at radius 3 is 2.86 bits per heavy atom. The van der Waals surface area contributed by atoms with E-state index in [1.165, 1.54) is 12.1 Å². The highest BCUT2D eigenvalue weighted by Crippen LogP contribution is 2.19. The molecule has 14 heavy (non-hydrogen) atoms. The first-order valence-corrected chi connectivity index (χ1v) is 5.17. The quantitative estimate of drug-likeness (QED) is 0.821. The fourth-order valence-corrected chi connectivity index (χ4v) is 1.56. The van der Waals surface area contributed by atoms with E-state index in [9.17, 15) is 4.39 Å². The molecule has 0 saturated carbocycles. The summed E-state index contributed by atoms with van der Waals surface area (Å²) in [5, 5.41) is 0.635. The highest BCUT2D eigenvalue weighted by atomic mass is 35.5. The van der Waals surface area contributed by atoms with Gasteiger partial charge in [0.15, 0.2) is 0 Å². The smallest absolute Gasteiger partial charge is 0.123 e. The van der Waals surface area contributed by atoms with Gasteiger partial charge in [-0.05, 0) is 49.9 Å². The van der Waals surface area contributed by atoms with Gasteiger partial charge in [-0.2, -0.15) is 0 Å². The predicted octanol–water partition coefficient (Wildman–Crippen LogP) is 3.15. The van der Waals surface area contributed by atoms with E-state index >= 15 is 0 Å². The van der Waals surface area contributed by atoms with Crippen LogP contribution < -0.4 is 5.73 Å². The minimum absolute atomic E-state index is 0.197. The maximum atomic E-state index is 12.8. The third kappa shape index (κ3) is 3.64. The van der Waals surface area contributed by atoms with Crippen LogP contribution in [0.4, 0.5) is 4.39 Å². The number of halogens is 2. The van der Waals surface area contributed by atoms with Crippen LogP contribution in [0, 0.1) is 5.82 Å². The van der Waals surface area contributed by atoms with E-state index in [4.69, 9.17) is 17.3 Å². The van der Waals surface area contributed by atoms with Crippen LogP contribution in [0.25, 0.3) is 0 Å². The highest BCUT2D eigenvalue weighted by Gasteiger charge is 2.02. The molecule has 0 fully saturated rings. The van der Waals surface area contributed by atoms with Crippen LogP contribution >= 0.6 is 11.6 Å². The van der Waals surface area contributed by atoms with Gasteiger partial charge < -0.3 is 5.73 Å². The minimum atomic E-state index is -0.231. The zero-order valence-electron chi connectivity index (χ0n) is 8.26. The SMILES string of the molecule is CC(N)CCCc1cc(F)ccc1Cl. The Labute approximate surface area is 89.1 Å². The molecule has 1 rings (SSSR count). The molecule has 0 aliphatic carbocycles. The van der Waals surface area contributed by atoms with Gasteiger partial charge in [0.25, 0.3) is 0 Å². The van der Waals surface area contributed by atoms with Crippen LogP contribution in [0.15, 0.2) is 18.2 Å². The number of hydrogen-bond acceptors (Lipinski definition) is 1. The van der Waals surface area contributed by atoms with Gasteiger partial charge in [0, 0.05) is 11.1 Å². The molecule has 0 aromatic heterocycles. The molecule has 0 bridgehead atoms. The van der Waals surface area contributed by atoms with E-state index < -0.39 is 0 Å². The average molecular weight is 216 g/mol. The number of hydrogen-bond donors (Lipinski definition) is 1. The van der Waals surface area contributed by atoms with E-state index in [-0.39, 0.29) is 11.9 Å². The van der Waals surface area contributed by atoms with Crippen molar-refractivity contribution in [3.63, 3.8) is 0 Å². The Bertz CT molecular complexity index is 299. The van der Waals surface area contributed by atoms with Crippen LogP contribution in [0.3, 0.4) is 0 Å². The maximum absolute atomic E-state index is 12.8. The fraction of sp³-hybridized carbons (Fsp3) is 0.455. The van der Waals surface area contributed by atoms with E-state index in [1.54, 1.807) is 6.07 Å². The topological polar surface area (TPSA) is 26.0 Å². The monoisotopic (exact) mass is 215 g/mol. The van der Waals surface area contributed by atoms with Gasteiger partial charge in [-0.15, -0.1) is 0 Å². The van der Waals surface area contributed by atoms with Crippen molar-refractivity contribution >= 4 is 11.6 Å². The average Bonchev–Trinajstić information content (AvgIpc) is 2.10. The fourth-order valence-electron chi connectivity index (χ4n) is 1.35. The molecule has 3 heteroatoms. The second kappa shape index (κ2) is 5.32. The van der Waals surface area contributed by atoms with Crippen molar-refractivity contribution in [2.75, 3.05) is 0 Å². The third-order valence-corrected chi connectivity index (χ3v) is 2.48. The van der Waals surface area contributed by atoms with E-state index in [2.05, 4.69) is 0 Å². The Kier molecular flexibility index (Phi) is 4.36. The first-order chi connectivity index (χ1) is 6.59. The molecule has 0 spiro atoms. The highest BCUT2D eigenvalue weighted by molar-refractivity contribution is 6.31. The van der Waals surface area contributed by atoms with E-state index in [0.717, 1.165) is 24.8 Å². The number of aryl methyl sites for hydroxylation is 1. The number of rotatable bonds is 4. The molecule has 0 heterocycles. The lowest BCUT2D eigenvalue weighted by Crippen LogP contribution is -2.14. The lowest BCUT2D eigenvalue weighted by molar-refractivity contribution is 0.611. The summed E-state index contributed by atoms with van der Waals surface area (Å²) in [6, 6.07) is 4.65. The van der Waals surface area contributed by atoms with Gasteiger partial charge in [0.2, 0.25) is 0 Å². The molecule has 1 aromatic carbocycles. The molecule has 1 atom stereocenters. The van der Waals surface area contributed by atoms with E-state index in [1.807, 2.05) is 6.92 Å². The van der Waals surface area contributed by atoms with Gasteiger partial charge in [0.05, 0.1) is 0 Å². The second-order valence-electron chi connectivity index (χ2n) is 3.61. The zero-order chi connectivity index (χ0) is 10.6. The summed E-state index contributed by atoms with van der Waals surface area (Å²) >= 11 is 5.91. The second-order valence-corrected chi connectivity index (χ2v) is 4.01. The lowest BCUT2D eigenvalue weighted by atomic mass is 10.1. The van der Waals surface area contributed by atoms with Crippen LogP contribution in [0.2, 0.25) is 5.02 Å². The molecule has 0 aliphatic rings. The van der Waals surface area contributed by atoms with Crippen molar-refractivity contribution in [2.45, 2.75) is 32.2 Å². The molecule has 1 unspecified atom stereocenters. The van der Waals surface area contributed by atoms with Crippen molar-refractivity contribution in [2.24, 2.45) is 5.73 Å². The summed E-state index contributed by atoms with van der Waals surface area (Å²) in [7, 11) is 0. The normalized spacial score (nSPS) is 12.9. The molecule has 0 radical (unpaired) electrons. The molecule has 2 N–H and O–H groups in total.